The second kappa shape index (κ2) is 6.40. The number of carboxylic acid groups (broad SMARTS) is 1. The lowest BCUT2D eigenvalue weighted by Gasteiger charge is -2.10. The first-order valence-electron chi connectivity index (χ1n) is 8.57. The number of carboxylic acids is 1. The number of aromatic carboxylic acids is 1. The first-order chi connectivity index (χ1) is 12.6. The highest BCUT2D eigenvalue weighted by atomic mass is 19.1. The van der Waals surface area contributed by atoms with E-state index < -0.39 is 18.2 Å². The SMILES string of the molecule is O=C(O)c1cn(CCc2ccc(CF)cc2)c2cc(C3CC3)nn2c1=O. The molecule has 4 rings (SSSR count). The van der Waals surface area contributed by atoms with Gasteiger partial charge in [0.1, 0.15) is 17.9 Å². The van der Waals surface area contributed by atoms with E-state index >= 15 is 0 Å². The van der Waals surface area contributed by atoms with Crippen LogP contribution in [0, 0.1) is 0 Å². The molecule has 7 heteroatoms. The van der Waals surface area contributed by atoms with Crippen LogP contribution in [-0.2, 0) is 19.6 Å². The maximum absolute atomic E-state index is 12.6. The van der Waals surface area contributed by atoms with Crippen molar-refractivity contribution in [2.45, 2.75) is 38.4 Å². The lowest BCUT2D eigenvalue weighted by atomic mass is 10.1. The van der Waals surface area contributed by atoms with Crippen LogP contribution in [0.1, 0.15) is 45.9 Å². The van der Waals surface area contributed by atoms with Crippen LogP contribution in [0.5, 0.6) is 0 Å². The minimum atomic E-state index is -1.26. The van der Waals surface area contributed by atoms with Crippen molar-refractivity contribution in [2.75, 3.05) is 0 Å². The fourth-order valence-electron chi connectivity index (χ4n) is 3.08. The third-order valence-corrected chi connectivity index (χ3v) is 4.76. The molecule has 0 amide bonds. The first kappa shape index (κ1) is 16.5. The summed E-state index contributed by atoms with van der Waals surface area (Å²) in [5.41, 5.74) is 2.17. The predicted octanol–water partition coefficient (Wildman–Crippen LogP) is 2.78. The summed E-state index contributed by atoms with van der Waals surface area (Å²) in [7, 11) is 0. The van der Waals surface area contributed by atoms with Crippen molar-refractivity contribution in [1.29, 1.82) is 0 Å². The van der Waals surface area contributed by atoms with E-state index in [9.17, 15) is 19.1 Å². The molecule has 1 aromatic carbocycles. The van der Waals surface area contributed by atoms with Gasteiger partial charge >= 0.3 is 5.97 Å². The second-order valence-corrected chi connectivity index (χ2v) is 6.66. The fourth-order valence-corrected chi connectivity index (χ4v) is 3.08. The van der Waals surface area contributed by atoms with Gasteiger partial charge in [-0.15, -0.1) is 0 Å². The molecule has 6 nitrogen and oxygen atoms in total. The van der Waals surface area contributed by atoms with Crippen molar-refractivity contribution in [3.8, 4) is 0 Å². The summed E-state index contributed by atoms with van der Waals surface area (Å²) in [5.74, 6) is -0.898. The molecule has 2 heterocycles. The van der Waals surface area contributed by atoms with Gasteiger partial charge in [0.05, 0.1) is 5.69 Å². The Labute approximate surface area is 148 Å². The quantitative estimate of drug-likeness (QED) is 0.738. The highest BCUT2D eigenvalue weighted by Gasteiger charge is 2.28. The largest absolute Gasteiger partial charge is 0.477 e. The van der Waals surface area contributed by atoms with Crippen molar-refractivity contribution in [2.24, 2.45) is 0 Å². The van der Waals surface area contributed by atoms with Gasteiger partial charge in [-0.05, 0) is 30.4 Å². The number of aryl methyl sites for hydroxylation is 2. The third kappa shape index (κ3) is 3.00. The van der Waals surface area contributed by atoms with Crippen LogP contribution in [0.4, 0.5) is 4.39 Å². The molecule has 0 bridgehead atoms. The van der Waals surface area contributed by atoms with E-state index in [1.807, 2.05) is 18.2 Å². The number of hydrogen-bond acceptors (Lipinski definition) is 3. The topological polar surface area (TPSA) is 76.6 Å². The van der Waals surface area contributed by atoms with Crippen LogP contribution in [0.25, 0.3) is 5.65 Å². The summed E-state index contributed by atoms with van der Waals surface area (Å²) in [4.78, 5) is 23.8. The van der Waals surface area contributed by atoms with Gasteiger partial charge in [0.2, 0.25) is 0 Å². The van der Waals surface area contributed by atoms with Gasteiger partial charge in [-0.3, -0.25) is 4.79 Å². The number of rotatable bonds is 6. The Morgan fingerprint density at radius 1 is 1.23 bits per heavy atom. The molecular weight excluding hydrogens is 337 g/mol. The first-order valence-corrected chi connectivity index (χ1v) is 8.57. The van der Waals surface area contributed by atoms with E-state index in [0.29, 0.717) is 30.1 Å². The normalized spacial score (nSPS) is 14.0. The maximum atomic E-state index is 12.6. The number of alkyl halides is 1. The zero-order chi connectivity index (χ0) is 18.3. The minimum absolute atomic E-state index is 0.296. The summed E-state index contributed by atoms with van der Waals surface area (Å²) < 4.78 is 15.6. The molecule has 0 saturated heterocycles. The molecule has 134 valence electrons. The van der Waals surface area contributed by atoms with Gasteiger partial charge in [0.25, 0.3) is 5.56 Å². The van der Waals surface area contributed by atoms with Gasteiger partial charge in [-0.1, -0.05) is 24.3 Å². The van der Waals surface area contributed by atoms with Gasteiger partial charge in [-0.2, -0.15) is 9.61 Å². The van der Waals surface area contributed by atoms with Crippen LogP contribution in [0.15, 0.2) is 41.3 Å². The van der Waals surface area contributed by atoms with Crippen LogP contribution in [0.3, 0.4) is 0 Å². The molecular formula is C19H18FN3O3. The number of nitrogens with zero attached hydrogens (tertiary/aromatic N) is 3. The molecule has 1 N–H and O–H groups in total. The Balaban J connectivity index is 1.71. The average Bonchev–Trinajstić information content (AvgIpc) is 3.40. The van der Waals surface area contributed by atoms with E-state index in [4.69, 9.17) is 0 Å². The van der Waals surface area contributed by atoms with Crippen LogP contribution in [0.2, 0.25) is 0 Å². The molecule has 2 aromatic heterocycles. The average molecular weight is 355 g/mol. The van der Waals surface area contributed by atoms with E-state index in [0.717, 1.165) is 24.1 Å². The lowest BCUT2D eigenvalue weighted by molar-refractivity contribution is 0.0693. The highest BCUT2D eigenvalue weighted by molar-refractivity contribution is 5.87. The molecule has 0 unspecified atom stereocenters. The van der Waals surface area contributed by atoms with Gasteiger partial charge in [0, 0.05) is 24.7 Å². The summed E-state index contributed by atoms with van der Waals surface area (Å²) in [6.07, 6.45) is 4.11. The molecule has 0 aliphatic heterocycles. The van der Waals surface area contributed by atoms with Crippen molar-refractivity contribution in [3.63, 3.8) is 0 Å². The minimum Gasteiger partial charge on any atom is -0.477 e. The molecule has 0 atom stereocenters. The second-order valence-electron chi connectivity index (χ2n) is 6.66. The number of hydrogen-bond donors (Lipinski definition) is 1. The van der Waals surface area contributed by atoms with Crippen LogP contribution < -0.4 is 5.56 Å². The fraction of sp³-hybridized carbons (Fsp3) is 0.316. The summed E-state index contributed by atoms with van der Waals surface area (Å²) in [6.45, 7) is -0.00279. The highest BCUT2D eigenvalue weighted by Crippen LogP contribution is 2.39. The predicted molar refractivity (Wildman–Crippen MR) is 93.3 cm³/mol. The Bertz CT molecular complexity index is 1030. The number of halogens is 1. The van der Waals surface area contributed by atoms with Crippen molar-refractivity contribution in [3.05, 3.63) is 69.3 Å². The zero-order valence-electron chi connectivity index (χ0n) is 14.1. The van der Waals surface area contributed by atoms with E-state index in [1.165, 1.54) is 10.7 Å². The molecule has 1 aliphatic carbocycles. The summed E-state index contributed by atoms with van der Waals surface area (Å²) in [6, 6.07) is 9.07. The summed E-state index contributed by atoms with van der Waals surface area (Å²) >= 11 is 0. The van der Waals surface area contributed by atoms with E-state index in [1.54, 1.807) is 16.7 Å². The molecule has 0 spiro atoms. The number of fused-ring (bicyclic) bond motifs is 1. The van der Waals surface area contributed by atoms with Gasteiger partial charge < -0.3 is 9.67 Å². The molecule has 1 aliphatic rings. The Kier molecular flexibility index (Phi) is 4.06. The monoisotopic (exact) mass is 355 g/mol. The Hall–Kier alpha value is -2.96. The summed E-state index contributed by atoms with van der Waals surface area (Å²) in [5, 5.41) is 13.7. The maximum Gasteiger partial charge on any atom is 0.342 e. The van der Waals surface area contributed by atoms with Crippen LogP contribution >= 0.6 is 0 Å². The van der Waals surface area contributed by atoms with E-state index in [2.05, 4.69) is 5.10 Å². The number of aromatic nitrogens is 3. The zero-order valence-corrected chi connectivity index (χ0v) is 14.1. The number of benzene rings is 1. The smallest absolute Gasteiger partial charge is 0.342 e. The third-order valence-electron chi connectivity index (χ3n) is 4.76. The Morgan fingerprint density at radius 3 is 2.54 bits per heavy atom. The van der Waals surface area contributed by atoms with Crippen molar-refractivity contribution >= 4 is 11.6 Å². The Morgan fingerprint density at radius 2 is 1.92 bits per heavy atom. The molecule has 3 aromatic rings. The number of carbonyl (C=O) groups is 1. The molecule has 26 heavy (non-hydrogen) atoms. The molecule has 0 radical (unpaired) electrons. The van der Waals surface area contributed by atoms with Gasteiger partial charge in [0.15, 0.2) is 0 Å². The lowest BCUT2D eigenvalue weighted by Crippen LogP contribution is -2.26. The standard InChI is InChI=1S/C19H18FN3O3/c20-10-13-3-1-12(2-4-13)7-8-22-11-15(19(25)26)18(24)23-17(22)9-16(21-23)14-5-6-14/h1-4,9,11,14H,5-8,10H2,(H,25,26). The van der Waals surface area contributed by atoms with Crippen LogP contribution in [-0.4, -0.2) is 25.3 Å². The molecule has 1 saturated carbocycles. The van der Waals surface area contributed by atoms with Gasteiger partial charge in [-0.25, -0.2) is 9.18 Å². The van der Waals surface area contributed by atoms with E-state index in [-0.39, 0.29) is 5.56 Å². The molecule has 1 fully saturated rings. The van der Waals surface area contributed by atoms with Crippen molar-refractivity contribution < 1.29 is 14.3 Å². The van der Waals surface area contributed by atoms with Crippen molar-refractivity contribution in [1.82, 2.24) is 14.2 Å².